The average molecular weight is 356 g/mol. The molecular formula is C19H28N6O. The Morgan fingerprint density at radius 2 is 2.23 bits per heavy atom. The molecule has 0 spiro atoms. The molecule has 1 aromatic carbocycles. The number of aryl methyl sites for hydroxylation is 1. The van der Waals surface area contributed by atoms with Crippen molar-refractivity contribution in [1.29, 1.82) is 0 Å². The van der Waals surface area contributed by atoms with Crippen LogP contribution in [-0.4, -0.2) is 55.6 Å². The third kappa shape index (κ3) is 4.68. The zero-order valence-corrected chi connectivity index (χ0v) is 15.6. The quantitative estimate of drug-likeness (QED) is 0.449. The third-order valence-corrected chi connectivity index (χ3v) is 4.59. The Bertz CT molecular complexity index is 700. The predicted molar refractivity (Wildman–Crippen MR) is 105 cm³/mol. The highest BCUT2D eigenvalue weighted by Crippen LogP contribution is 2.30. The highest BCUT2D eigenvalue weighted by atomic mass is 16.5. The van der Waals surface area contributed by atoms with Gasteiger partial charge in [0.05, 0.1) is 12.8 Å². The molecule has 0 radical (unpaired) electrons. The van der Waals surface area contributed by atoms with E-state index in [2.05, 4.69) is 37.8 Å². The Kier molecular flexibility index (Phi) is 6.35. The van der Waals surface area contributed by atoms with Crippen LogP contribution in [0.25, 0.3) is 0 Å². The number of anilines is 1. The molecule has 1 atom stereocenters. The van der Waals surface area contributed by atoms with Crippen molar-refractivity contribution in [3.8, 4) is 5.75 Å². The van der Waals surface area contributed by atoms with Gasteiger partial charge in [-0.25, -0.2) is 0 Å². The number of benzene rings is 1. The number of rotatable bonds is 7. The van der Waals surface area contributed by atoms with Crippen LogP contribution in [0.4, 0.5) is 5.69 Å². The number of hydrogen-bond donors (Lipinski definition) is 2. The van der Waals surface area contributed by atoms with Gasteiger partial charge in [-0.15, -0.1) is 0 Å². The van der Waals surface area contributed by atoms with Crippen LogP contribution in [0.15, 0.2) is 47.7 Å². The van der Waals surface area contributed by atoms with Gasteiger partial charge in [0, 0.05) is 51.7 Å². The number of aromatic nitrogens is 2. The Morgan fingerprint density at radius 3 is 3.00 bits per heavy atom. The molecule has 1 unspecified atom stereocenters. The van der Waals surface area contributed by atoms with Crippen molar-refractivity contribution < 1.29 is 4.74 Å². The molecular weight excluding hydrogens is 328 g/mol. The second-order valence-corrected chi connectivity index (χ2v) is 6.37. The van der Waals surface area contributed by atoms with Crippen LogP contribution >= 0.6 is 0 Å². The van der Waals surface area contributed by atoms with E-state index in [0.29, 0.717) is 6.04 Å². The first-order valence-corrected chi connectivity index (χ1v) is 9.12. The summed E-state index contributed by atoms with van der Waals surface area (Å²) >= 11 is 0. The fourth-order valence-electron chi connectivity index (χ4n) is 3.26. The number of para-hydroxylation sites is 2. The Hall–Kier alpha value is -2.70. The molecule has 0 bridgehead atoms. The molecule has 1 saturated heterocycles. The van der Waals surface area contributed by atoms with Gasteiger partial charge in [-0.1, -0.05) is 12.1 Å². The summed E-state index contributed by atoms with van der Waals surface area (Å²) in [4.78, 5) is 6.71. The fourth-order valence-corrected chi connectivity index (χ4v) is 3.26. The van der Waals surface area contributed by atoms with Crippen molar-refractivity contribution >= 4 is 11.6 Å². The summed E-state index contributed by atoms with van der Waals surface area (Å²) in [6.45, 7) is 3.72. The lowest BCUT2D eigenvalue weighted by molar-refractivity contribution is 0.415. The largest absolute Gasteiger partial charge is 0.495 e. The molecule has 0 aliphatic carbocycles. The van der Waals surface area contributed by atoms with Crippen LogP contribution in [0.1, 0.15) is 12.8 Å². The van der Waals surface area contributed by atoms with Gasteiger partial charge in [-0.3, -0.25) is 9.67 Å². The number of ether oxygens (including phenoxy) is 1. The molecule has 2 aromatic rings. The SMILES string of the molecule is CN=C(NCCCn1cccn1)NC1CCN(c2ccccc2OC)C1. The number of nitrogens with one attached hydrogen (secondary N) is 2. The minimum atomic E-state index is 0.372. The molecule has 140 valence electrons. The van der Waals surface area contributed by atoms with Crippen LogP contribution in [0.5, 0.6) is 5.75 Å². The molecule has 7 heteroatoms. The lowest BCUT2D eigenvalue weighted by Crippen LogP contribution is -2.45. The molecule has 7 nitrogen and oxygen atoms in total. The standard InChI is InChI=1S/C19H28N6O/c1-20-19(21-10-5-12-25-13-6-11-22-25)23-16-9-14-24(15-16)17-7-3-4-8-18(17)26-2/h3-4,6-8,11,13,16H,5,9-10,12,14-15H2,1-2H3,(H2,20,21,23). The van der Waals surface area contributed by atoms with Crippen LogP contribution in [-0.2, 0) is 6.54 Å². The second-order valence-electron chi connectivity index (χ2n) is 6.37. The van der Waals surface area contributed by atoms with Gasteiger partial charge in [0.15, 0.2) is 5.96 Å². The average Bonchev–Trinajstić information content (AvgIpc) is 3.36. The first kappa shape index (κ1) is 18.1. The second kappa shape index (κ2) is 9.12. The monoisotopic (exact) mass is 356 g/mol. The van der Waals surface area contributed by atoms with Gasteiger partial charge in [0.25, 0.3) is 0 Å². The summed E-state index contributed by atoms with van der Waals surface area (Å²) in [5.41, 5.74) is 1.15. The maximum absolute atomic E-state index is 5.49. The summed E-state index contributed by atoms with van der Waals surface area (Å²) in [7, 11) is 3.54. The topological polar surface area (TPSA) is 66.7 Å². The lowest BCUT2D eigenvalue weighted by atomic mass is 10.2. The molecule has 0 saturated carbocycles. The number of nitrogens with zero attached hydrogens (tertiary/aromatic N) is 4. The normalized spacial score (nSPS) is 17.4. The first-order valence-electron chi connectivity index (χ1n) is 9.12. The van der Waals surface area contributed by atoms with Crippen molar-refractivity contribution in [3.05, 3.63) is 42.7 Å². The molecule has 3 rings (SSSR count). The third-order valence-electron chi connectivity index (χ3n) is 4.59. The Morgan fingerprint density at radius 1 is 1.35 bits per heavy atom. The lowest BCUT2D eigenvalue weighted by Gasteiger charge is -2.22. The van der Waals surface area contributed by atoms with Gasteiger partial charge in [-0.2, -0.15) is 5.10 Å². The molecule has 0 amide bonds. The summed E-state index contributed by atoms with van der Waals surface area (Å²) < 4.78 is 7.43. The van der Waals surface area contributed by atoms with Crippen molar-refractivity contribution in [3.63, 3.8) is 0 Å². The molecule has 26 heavy (non-hydrogen) atoms. The van der Waals surface area contributed by atoms with Gasteiger partial charge >= 0.3 is 0 Å². The molecule has 2 N–H and O–H groups in total. The number of hydrogen-bond acceptors (Lipinski definition) is 4. The minimum Gasteiger partial charge on any atom is -0.495 e. The zero-order valence-electron chi connectivity index (χ0n) is 15.6. The Labute approximate surface area is 155 Å². The van der Waals surface area contributed by atoms with Crippen molar-refractivity contribution in [1.82, 2.24) is 20.4 Å². The van der Waals surface area contributed by atoms with E-state index in [1.807, 2.05) is 42.3 Å². The van der Waals surface area contributed by atoms with Crippen LogP contribution in [0.3, 0.4) is 0 Å². The van der Waals surface area contributed by atoms with Gasteiger partial charge in [-0.05, 0) is 31.0 Å². The van der Waals surface area contributed by atoms with Crippen LogP contribution in [0.2, 0.25) is 0 Å². The fraction of sp³-hybridized carbons (Fsp3) is 0.474. The minimum absolute atomic E-state index is 0.372. The van der Waals surface area contributed by atoms with Crippen LogP contribution < -0.4 is 20.3 Å². The molecule has 1 aliphatic heterocycles. The van der Waals surface area contributed by atoms with E-state index in [-0.39, 0.29) is 0 Å². The summed E-state index contributed by atoms with van der Waals surface area (Å²) in [5.74, 6) is 1.78. The maximum atomic E-state index is 5.49. The number of guanidine groups is 1. The zero-order chi connectivity index (χ0) is 18.2. The van der Waals surface area contributed by atoms with E-state index in [4.69, 9.17) is 4.74 Å². The molecule has 1 aromatic heterocycles. The first-order chi connectivity index (χ1) is 12.8. The highest BCUT2D eigenvalue weighted by molar-refractivity contribution is 5.80. The number of aliphatic imine (C=N–C) groups is 1. The smallest absolute Gasteiger partial charge is 0.191 e. The van der Waals surface area contributed by atoms with E-state index in [0.717, 1.165) is 56.4 Å². The van der Waals surface area contributed by atoms with E-state index in [1.165, 1.54) is 0 Å². The van der Waals surface area contributed by atoms with Crippen molar-refractivity contribution in [2.24, 2.45) is 4.99 Å². The summed E-state index contributed by atoms with van der Waals surface area (Å²) in [5, 5.41) is 11.1. The molecule has 1 fully saturated rings. The van der Waals surface area contributed by atoms with E-state index in [9.17, 15) is 0 Å². The highest BCUT2D eigenvalue weighted by Gasteiger charge is 2.25. The Balaban J connectivity index is 1.44. The van der Waals surface area contributed by atoms with Crippen molar-refractivity contribution in [2.75, 3.05) is 38.7 Å². The molecule has 2 heterocycles. The molecule has 1 aliphatic rings. The van der Waals surface area contributed by atoms with E-state index in [1.54, 1.807) is 7.11 Å². The number of methoxy groups -OCH3 is 1. The summed E-state index contributed by atoms with van der Waals surface area (Å²) in [6, 6.07) is 10.5. The van der Waals surface area contributed by atoms with Gasteiger partial charge < -0.3 is 20.3 Å². The predicted octanol–water partition coefficient (Wildman–Crippen LogP) is 1.73. The van der Waals surface area contributed by atoms with Crippen LogP contribution in [0, 0.1) is 0 Å². The van der Waals surface area contributed by atoms with Gasteiger partial charge in [0.2, 0.25) is 0 Å². The van der Waals surface area contributed by atoms with E-state index >= 15 is 0 Å². The summed E-state index contributed by atoms with van der Waals surface area (Å²) in [6.07, 6.45) is 5.87. The van der Waals surface area contributed by atoms with E-state index < -0.39 is 0 Å². The maximum Gasteiger partial charge on any atom is 0.191 e. The van der Waals surface area contributed by atoms with Gasteiger partial charge in [0.1, 0.15) is 5.75 Å². The van der Waals surface area contributed by atoms with Crippen molar-refractivity contribution in [2.45, 2.75) is 25.4 Å².